The van der Waals surface area contributed by atoms with E-state index in [2.05, 4.69) is 3.63 Å². The highest BCUT2D eigenvalue weighted by molar-refractivity contribution is 8.36. The Hall–Kier alpha value is -1.03. The Balaban J connectivity index is 2.74. The van der Waals surface area contributed by atoms with E-state index < -0.39 is 26.2 Å². The van der Waals surface area contributed by atoms with Crippen LogP contribution in [0.1, 0.15) is 12.5 Å². The van der Waals surface area contributed by atoms with Crippen LogP contribution in [0, 0.1) is 0 Å². The van der Waals surface area contributed by atoms with Gasteiger partial charge in [-0.25, -0.2) is 0 Å². The molecule has 0 amide bonds. The molecule has 1 atom stereocenters. The lowest BCUT2D eigenvalue weighted by Gasteiger charge is -2.37. The third-order valence-corrected chi connectivity index (χ3v) is 6.73. The van der Waals surface area contributed by atoms with E-state index in [4.69, 9.17) is 4.55 Å². The number of fused-ring (bicyclic) bond motifs is 1. The second kappa shape index (κ2) is 4.23. The van der Waals surface area contributed by atoms with Crippen molar-refractivity contribution in [1.82, 2.24) is 0 Å². The second-order valence-electron chi connectivity index (χ2n) is 3.79. The van der Waals surface area contributed by atoms with Crippen molar-refractivity contribution in [2.24, 2.45) is 0 Å². The molecular formula is C10H9F3O4S2. The molecule has 0 radical (unpaired) electrons. The van der Waals surface area contributed by atoms with E-state index in [-0.39, 0.29) is 15.4 Å². The normalized spacial score (nSPS) is 26.5. The lowest BCUT2D eigenvalue weighted by Crippen LogP contribution is -2.25. The first-order valence-electron chi connectivity index (χ1n) is 4.93. The molecule has 19 heavy (non-hydrogen) atoms. The van der Waals surface area contributed by atoms with Crippen molar-refractivity contribution in [3.05, 3.63) is 34.7 Å². The van der Waals surface area contributed by atoms with Crippen molar-refractivity contribution < 1.29 is 29.8 Å². The largest absolute Gasteiger partial charge is 0.456 e. The number of halogens is 3. The maximum atomic E-state index is 13.4. The molecule has 106 valence electrons. The molecule has 0 aliphatic carbocycles. The lowest BCUT2D eigenvalue weighted by molar-refractivity contribution is -0.0431. The SMILES string of the molecule is CC1=Cc2ccccc2S1(OS(=O)(=O)O)C(F)(F)F. The molecule has 0 spiro atoms. The number of benzene rings is 1. The first-order chi connectivity index (χ1) is 8.58. The summed E-state index contributed by atoms with van der Waals surface area (Å²) in [6.07, 6.45) is 1.21. The van der Waals surface area contributed by atoms with Crippen molar-refractivity contribution in [2.45, 2.75) is 17.3 Å². The first-order valence-corrected chi connectivity index (χ1v) is 7.86. The van der Waals surface area contributed by atoms with Crippen molar-refractivity contribution in [1.29, 1.82) is 0 Å². The summed E-state index contributed by atoms with van der Waals surface area (Å²) in [4.78, 5) is -0.559. The maximum absolute atomic E-state index is 13.4. The van der Waals surface area contributed by atoms with Gasteiger partial charge in [0.1, 0.15) is 0 Å². The Labute approximate surface area is 109 Å². The molecule has 1 heterocycles. The van der Waals surface area contributed by atoms with Gasteiger partial charge >= 0.3 is 15.9 Å². The highest BCUT2D eigenvalue weighted by atomic mass is 32.3. The molecule has 0 fully saturated rings. The Morgan fingerprint density at radius 2 is 1.84 bits per heavy atom. The molecule has 2 rings (SSSR count). The molecule has 4 nitrogen and oxygen atoms in total. The summed E-state index contributed by atoms with van der Waals surface area (Å²) < 4.78 is 74.6. The summed E-state index contributed by atoms with van der Waals surface area (Å²) in [5.41, 5.74) is -4.72. The number of allylic oxidation sites excluding steroid dienone is 1. The summed E-state index contributed by atoms with van der Waals surface area (Å²) in [6, 6.07) is 5.46. The highest BCUT2D eigenvalue weighted by Crippen LogP contribution is 2.77. The Kier molecular flexibility index (Phi) is 3.21. The van der Waals surface area contributed by atoms with Crippen LogP contribution in [0.25, 0.3) is 6.08 Å². The van der Waals surface area contributed by atoms with Crippen LogP contribution in [0.5, 0.6) is 0 Å². The number of alkyl halides is 3. The summed E-state index contributed by atoms with van der Waals surface area (Å²) in [7, 11) is -9.50. The highest BCUT2D eigenvalue weighted by Gasteiger charge is 2.59. The minimum Gasteiger partial charge on any atom is -0.263 e. The van der Waals surface area contributed by atoms with Gasteiger partial charge in [-0.2, -0.15) is 25.2 Å². The summed E-state index contributed by atoms with van der Waals surface area (Å²) >= 11 is 0. The van der Waals surface area contributed by atoms with Crippen molar-refractivity contribution in [3.8, 4) is 0 Å². The van der Waals surface area contributed by atoms with E-state index in [1.54, 1.807) is 0 Å². The zero-order valence-corrected chi connectivity index (χ0v) is 11.1. The first kappa shape index (κ1) is 14.4. The second-order valence-corrected chi connectivity index (χ2v) is 7.85. The molecule has 1 unspecified atom stereocenters. The van der Waals surface area contributed by atoms with Gasteiger partial charge in [-0.3, -0.25) is 4.55 Å². The summed E-state index contributed by atoms with van der Waals surface area (Å²) in [5.74, 6) is 0. The van der Waals surface area contributed by atoms with E-state index in [1.165, 1.54) is 24.3 Å². The quantitative estimate of drug-likeness (QED) is 0.849. The van der Waals surface area contributed by atoms with Gasteiger partial charge < -0.3 is 0 Å². The third-order valence-electron chi connectivity index (χ3n) is 2.55. The average molecular weight is 314 g/mol. The van der Waals surface area contributed by atoms with Crippen LogP contribution >= 0.6 is 10.3 Å². The van der Waals surface area contributed by atoms with Crippen LogP contribution in [0.4, 0.5) is 13.2 Å². The lowest BCUT2D eigenvalue weighted by atomic mass is 10.2. The fourth-order valence-electron chi connectivity index (χ4n) is 1.90. The fourth-order valence-corrected chi connectivity index (χ4v) is 5.95. The molecule has 1 aliphatic rings. The minimum absolute atomic E-state index is 0.232. The van der Waals surface area contributed by atoms with Crippen LogP contribution in [0.15, 0.2) is 34.1 Å². The standard InChI is InChI=1S/C10H9F3O4S2/c1-7-6-8-4-2-3-5-9(8)18(7,10(11,12)13)17-19(14,15)16/h2-6H,1H3,(H,14,15,16). The average Bonchev–Trinajstić information content (AvgIpc) is 2.50. The van der Waals surface area contributed by atoms with Gasteiger partial charge in [-0.1, -0.05) is 18.2 Å². The predicted octanol–water partition coefficient (Wildman–Crippen LogP) is 3.48. The number of hydrogen-bond acceptors (Lipinski definition) is 3. The molecule has 0 saturated heterocycles. The van der Waals surface area contributed by atoms with Gasteiger partial charge in [0, 0.05) is 20.1 Å². The zero-order chi connectivity index (χ0) is 14.5. The monoisotopic (exact) mass is 314 g/mol. The van der Waals surface area contributed by atoms with E-state index >= 15 is 0 Å². The molecule has 1 N–H and O–H groups in total. The van der Waals surface area contributed by atoms with E-state index in [9.17, 15) is 21.6 Å². The van der Waals surface area contributed by atoms with Crippen LogP contribution < -0.4 is 0 Å². The van der Waals surface area contributed by atoms with Crippen LogP contribution in [-0.4, -0.2) is 18.5 Å². The molecule has 0 bridgehead atoms. The smallest absolute Gasteiger partial charge is 0.263 e. The van der Waals surface area contributed by atoms with Gasteiger partial charge in [0.2, 0.25) is 0 Å². The van der Waals surface area contributed by atoms with Gasteiger partial charge in [-0.15, -0.1) is 0 Å². The molecule has 1 aromatic carbocycles. The molecule has 0 saturated carbocycles. The van der Waals surface area contributed by atoms with Crippen LogP contribution in [0.2, 0.25) is 0 Å². The van der Waals surface area contributed by atoms with Crippen molar-refractivity contribution >= 4 is 26.8 Å². The molecule has 1 aliphatic heterocycles. The van der Waals surface area contributed by atoms with Gasteiger partial charge in [0.15, 0.2) is 0 Å². The fraction of sp³-hybridized carbons (Fsp3) is 0.200. The third kappa shape index (κ3) is 2.27. The minimum atomic E-state index is -5.25. The predicted molar refractivity (Wildman–Crippen MR) is 64.6 cm³/mol. The maximum Gasteiger partial charge on any atom is 0.456 e. The molecule has 1 aromatic rings. The van der Waals surface area contributed by atoms with Crippen LogP contribution in [-0.2, 0) is 14.0 Å². The van der Waals surface area contributed by atoms with Crippen molar-refractivity contribution in [2.75, 3.05) is 0 Å². The van der Waals surface area contributed by atoms with Gasteiger partial charge in [0.25, 0.3) is 0 Å². The van der Waals surface area contributed by atoms with E-state index in [0.29, 0.717) is 0 Å². The van der Waals surface area contributed by atoms with Crippen molar-refractivity contribution in [3.63, 3.8) is 0 Å². The summed E-state index contributed by atoms with van der Waals surface area (Å²) in [6.45, 7) is 1.13. The van der Waals surface area contributed by atoms with Crippen LogP contribution in [0.3, 0.4) is 0 Å². The van der Waals surface area contributed by atoms with Gasteiger partial charge in [0.05, 0.1) is 0 Å². The van der Waals surface area contributed by atoms with Gasteiger partial charge in [-0.05, 0) is 24.6 Å². The Morgan fingerprint density at radius 3 is 2.37 bits per heavy atom. The zero-order valence-electron chi connectivity index (χ0n) is 9.51. The molecule has 0 aromatic heterocycles. The Morgan fingerprint density at radius 1 is 1.26 bits per heavy atom. The van der Waals surface area contributed by atoms with E-state index in [0.717, 1.165) is 13.0 Å². The molecular weight excluding hydrogens is 305 g/mol. The topological polar surface area (TPSA) is 63.6 Å². The number of rotatable bonds is 2. The van der Waals surface area contributed by atoms with E-state index in [1.807, 2.05) is 0 Å². The Bertz CT molecular complexity index is 651. The number of hydrogen-bond donors (Lipinski definition) is 1. The molecule has 9 heteroatoms. The summed E-state index contributed by atoms with van der Waals surface area (Å²) in [5, 5.41) is 0.